The molecule has 3 rings (SSSR count). The zero-order valence-corrected chi connectivity index (χ0v) is 20.2. The standard InChI is InChI=1S/C22H25BrN2O6S/c1-3-30-19-11-8-17(23)14-20(19)32(28,29)24-18-9-6-16(7-10-18)22(27)31-15(2)21(26)25-12-4-5-13-25/h6-11,14-15,24H,3-5,12-13H2,1-2H3. The lowest BCUT2D eigenvalue weighted by Gasteiger charge is -2.20. The van der Waals surface area contributed by atoms with Crippen LogP contribution in [0.1, 0.15) is 37.0 Å². The summed E-state index contributed by atoms with van der Waals surface area (Å²) in [5.74, 6) is -0.621. The summed E-state index contributed by atoms with van der Waals surface area (Å²) >= 11 is 3.28. The first-order valence-corrected chi connectivity index (χ1v) is 12.5. The van der Waals surface area contributed by atoms with Gasteiger partial charge in [-0.05, 0) is 69.2 Å². The number of likely N-dealkylation sites (tertiary alicyclic amines) is 1. The fraction of sp³-hybridized carbons (Fsp3) is 0.364. The molecule has 32 heavy (non-hydrogen) atoms. The van der Waals surface area contributed by atoms with Crippen molar-refractivity contribution in [1.82, 2.24) is 4.90 Å². The molecule has 0 aromatic heterocycles. The molecule has 1 aliphatic heterocycles. The Bertz CT molecular complexity index is 1080. The summed E-state index contributed by atoms with van der Waals surface area (Å²) < 4.78 is 39.5. The summed E-state index contributed by atoms with van der Waals surface area (Å²) in [5, 5.41) is 0. The molecule has 1 N–H and O–H groups in total. The lowest BCUT2D eigenvalue weighted by atomic mass is 10.2. The van der Waals surface area contributed by atoms with Crippen molar-refractivity contribution in [3.05, 3.63) is 52.5 Å². The molecule has 2 aromatic rings. The Labute approximate surface area is 196 Å². The molecule has 1 saturated heterocycles. The second-order valence-corrected chi connectivity index (χ2v) is 9.85. The first-order valence-electron chi connectivity index (χ1n) is 10.3. The van der Waals surface area contributed by atoms with E-state index < -0.39 is 22.1 Å². The maximum absolute atomic E-state index is 12.9. The van der Waals surface area contributed by atoms with E-state index in [4.69, 9.17) is 9.47 Å². The van der Waals surface area contributed by atoms with Crippen LogP contribution in [0.15, 0.2) is 51.8 Å². The number of sulfonamides is 1. The van der Waals surface area contributed by atoms with Gasteiger partial charge in [0.1, 0.15) is 10.6 Å². The number of esters is 1. The zero-order valence-electron chi connectivity index (χ0n) is 17.8. The van der Waals surface area contributed by atoms with Gasteiger partial charge < -0.3 is 14.4 Å². The van der Waals surface area contributed by atoms with Gasteiger partial charge in [-0.3, -0.25) is 9.52 Å². The molecule has 0 spiro atoms. The minimum atomic E-state index is -3.93. The van der Waals surface area contributed by atoms with Crippen molar-refractivity contribution in [1.29, 1.82) is 0 Å². The van der Waals surface area contributed by atoms with Crippen LogP contribution in [-0.4, -0.2) is 51.0 Å². The van der Waals surface area contributed by atoms with Crippen molar-refractivity contribution in [2.45, 2.75) is 37.7 Å². The molecule has 0 saturated carbocycles. The third-order valence-corrected chi connectivity index (χ3v) is 6.81. The maximum Gasteiger partial charge on any atom is 0.338 e. The second-order valence-electron chi connectivity index (χ2n) is 7.29. The minimum absolute atomic E-state index is 0.00791. The molecule has 8 nitrogen and oxygen atoms in total. The average molecular weight is 525 g/mol. The topological polar surface area (TPSA) is 102 Å². The predicted molar refractivity (Wildman–Crippen MR) is 123 cm³/mol. The van der Waals surface area contributed by atoms with E-state index in [1.54, 1.807) is 30.9 Å². The van der Waals surface area contributed by atoms with Crippen molar-refractivity contribution in [2.75, 3.05) is 24.4 Å². The first-order chi connectivity index (χ1) is 15.2. The fourth-order valence-electron chi connectivity index (χ4n) is 3.32. The molecule has 0 radical (unpaired) electrons. The highest BCUT2D eigenvalue weighted by Crippen LogP contribution is 2.29. The quantitative estimate of drug-likeness (QED) is 0.526. The molecule has 1 fully saturated rings. The molecule has 1 heterocycles. The van der Waals surface area contributed by atoms with Gasteiger partial charge in [0, 0.05) is 23.2 Å². The fourth-order valence-corrected chi connectivity index (χ4v) is 5.07. The van der Waals surface area contributed by atoms with Crippen molar-refractivity contribution < 1.29 is 27.5 Å². The van der Waals surface area contributed by atoms with Gasteiger partial charge in [0.15, 0.2) is 6.10 Å². The van der Waals surface area contributed by atoms with Crippen LogP contribution in [0.5, 0.6) is 5.75 Å². The number of hydrogen-bond donors (Lipinski definition) is 1. The summed E-state index contributed by atoms with van der Waals surface area (Å²) in [6.07, 6.45) is 1.03. The third-order valence-electron chi connectivity index (χ3n) is 4.92. The normalized spacial score (nSPS) is 14.7. The molecule has 10 heteroatoms. The van der Waals surface area contributed by atoms with Crippen LogP contribution in [0.25, 0.3) is 0 Å². The Hall–Kier alpha value is -2.59. The van der Waals surface area contributed by atoms with Crippen LogP contribution in [0, 0.1) is 0 Å². The lowest BCUT2D eigenvalue weighted by molar-refractivity contribution is -0.138. The largest absolute Gasteiger partial charge is 0.492 e. The molecular formula is C22H25BrN2O6S. The van der Waals surface area contributed by atoms with E-state index in [1.165, 1.54) is 30.3 Å². The Morgan fingerprint density at radius 2 is 1.78 bits per heavy atom. The number of carbonyl (C=O) groups excluding carboxylic acids is 2. The van der Waals surface area contributed by atoms with Gasteiger partial charge in [0.2, 0.25) is 0 Å². The monoisotopic (exact) mass is 524 g/mol. The summed E-state index contributed by atoms with van der Waals surface area (Å²) in [7, 11) is -3.93. The molecule has 1 amide bonds. The van der Waals surface area contributed by atoms with Crippen molar-refractivity contribution in [3.8, 4) is 5.75 Å². The number of halogens is 1. The Kier molecular flexibility index (Phi) is 7.78. The summed E-state index contributed by atoms with van der Waals surface area (Å²) in [4.78, 5) is 26.4. The van der Waals surface area contributed by atoms with Crippen LogP contribution in [0.4, 0.5) is 5.69 Å². The highest BCUT2D eigenvalue weighted by Gasteiger charge is 2.26. The van der Waals surface area contributed by atoms with Crippen molar-refractivity contribution in [3.63, 3.8) is 0 Å². The van der Waals surface area contributed by atoms with E-state index in [0.29, 0.717) is 24.2 Å². The minimum Gasteiger partial charge on any atom is -0.492 e. The molecule has 0 bridgehead atoms. The van der Waals surface area contributed by atoms with Gasteiger partial charge in [-0.2, -0.15) is 0 Å². The van der Waals surface area contributed by atoms with Gasteiger partial charge in [-0.1, -0.05) is 15.9 Å². The van der Waals surface area contributed by atoms with Crippen LogP contribution in [-0.2, 0) is 19.6 Å². The van der Waals surface area contributed by atoms with E-state index in [2.05, 4.69) is 20.7 Å². The molecule has 1 atom stereocenters. The molecule has 0 aliphatic carbocycles. The van der Waals surface area contributed by atoms with Gasteiger partial charge in [-0.25, -0.2) is 13.2 Å². The van der Waals surface area contributed by atoms with E-state index in [9.17, 15) is 18.0 Å². The SMILES string of the molecule is CCOc1ccc(Br)cc1S(=O)(=O)Nc1ccc(C(=O)OC(C)C(=O)N2CCCC2)cc1. The highest BCUT2D eigenvalue weighted by atomic mass is 79.9. The second kappa shape index (κ2) is 10.4. The zero-order chi connectivity index (χ0) is 23.3. The van der Waals surface area contributed by atoms with E-state index >= 15 is 0 Å². The molecule has 1 aliphatic rings. The van der Waals surface area contributed by atoms with Crippen molar-refractivity contribution >= 4 is 43.5 Å². The maximum atomic E-state index is 12.9. The highest BCUT2D eigenvalue weighted by molar-refractivity contribution is 9.10. The average Bonchev–Trinajstić information content (AvgIpc) is 3.29. The number of rotatable bonds is 8. The molecule has 172 valence electrons. The number of ether oxygens (including phenoxy) is 2. The Balaban J connectivity index is 1.68. The number of nitrogens with zero attached hydrogens (tertiary/aromatic N) is 1. The summed E-state index contributed by atoms with van der Waals surface area (Å²) in [5.41, 5.74) is 0.483. The van der Waals surface area contributed by atoms with Gasteiger partial charge >= 0.3 is 5.97 Å². The van der Waals surface area contributed by atoms with E-state index in [0.717, 1.165) is 12.8 Å². The number of anilines is 1. The number of nitrogens with one attached hydrogen (secondary N) is 1. The number of hydrogen-bond acceptors (Lipinski definition) is 6. The molecule has 1 unspecified atom stereocenters. The third kappa shape index (κ3) is 5.80. The van der Waals surface area contributed by atoms with E-state index in [1.807, 2.05) is 0 Å². The van der Waals surface area contributed by atoms with Crippen LogP contribution >= 0.6 is 15.9 Å². The molecule has 2 aromatic carbocycles. The van der Waals surface area contributed by atoms with E-state index in [-0.39, 0.29) is 27.8 Å². The molecular weight excluding hydrogens is 500 g/mol. The predicted octanol–water partition coefficient (Wildman–Crippen LogP) is 3.82. The lowest BCUT2D eigenvalue weighted by Crippen LogP contribution is -2.38. The Morgan fingerprint density at radius 1 is 1.12 bits per heavy atom. The summed E-state index contributed by atoms with van der Waals surface area (Å²) in [6, 6.07) is 10.5. The van der Waals surface area contributed by atoms with Gasteiger partial charge in [0.25, 0.3) is 15.9 Å². The van der Waals surface area contributed by atoms with Crippen LogP contribution in [0.2, 0.25) is 0 Å². The van der Waals surface area contributed by atoms with Gasteiger partial charge in [0.05, 0.1) is 12.2 Å². The van der Waals surface area contributed by atoms with Gasteiger partial charge in [-0.15, -0.1) is 0 Å². The van der Waals surface area contributed by atoms with Crippen LogP contribution < -0.4 is 9.46 Å². The number of benzene rings is 2. The smallest absolute Gasteiger partial charge is 0.338 e. The van der Waals surface area contributed by atoms with Crippen LogP contribution in [0.3, 0.4) is 0 Å². The number of carbonyl (C=O) groups is 2. The number of amides is 1. The first kappa shape index (κ1) is 24.1. The Morgan fingerprint density at radius 3 is 2.41 bits per heavy atom. The van der Waals surface area contributed by atoms with Crippen molar-refractivity contribution in [2.24, 2.45) is 0 Å². The summed E-state index contributed by atoms with van der Waals surface area (Å²) in [6.45, 7) is 5.00.